The number of aryl methyl sites for hydroxylation is 1. The number of carboxylic acid groups (broad SMARTS) is 1. The number of hydrogen-bond acceptors (Lipinski definition) is 7. The fourth-order valence-corrected chi connectivity index (χ4v) is 4.92. The standard InChI is InChI=1S/C20H20N4O4S2/c1-12-5-4-9-23-16(12)21-17(22-7-2-3-8-22)13(18(23)27)11-14-19(28)24(20(29)30-14)10-6-15(25)26/h4-5,9,11H,2-3,6-8,10H2,1H3,(H,25,26)/b14-11+. The first kappa shape index (κ1) is 20.5. The average molecular weight is 445 g/mol. The summed E-state index contributed by atoms with van der Waals surface area (Å²) >= 11 is 6.33. The van der Waals surface area contributed by atoms with E-state index in [1.54, 1.807) is 18.3 Å². The van der Waals surface area contributed by atoms with Crippen molar-refractivity contribution in [3.05, 3.63) is 44.7 Å². The number of rotatable bonds is 5. The number of pyridine rings is 1. The van der Waals surface area contributed by atoms with Crippen molar-refractivity contribution in [2.24, 2.45) is 0 Å². The summed E-state index contributed by atoms with van der Waals surface area (Å²) in [6.45, 7) is 3.51. The third-order valence-corrected chi connectivity index (χ3v) is 6.55. The van der Waals surface area contributed by atoms with Crippen molar-refractivity contribution in [3.8, 4) is 0 Å². The van der Waals surface area contributed by atoms with E-state index in [0.29, 0.717) is 26.3 Å². The second-order valence-electron chi connectivity index (χ2n) is 7.21. The normalized spacial score (nSPS) is 18.2. The maximum Gasteiger partial charge on any atom is 0.305 e. The number of fused-ring (bicyclic) bond motifs is 1. The van der Waals surface area contributed by atoms with Gasteiger partial charge in [0.05, 0.1) is 16.9 Å². The van der Waals surface area contributed by atoms with E-state index in [9.17, 15) is 14.4 Å². The first-order chi connectivity index (χ1) is 14.4. The van der Waals surface area contributed by atoms with Gasteiger partial charge in [0.25, 0.3) is 11.5 Å². The van der Waals surface area contributed by atoms with Crippen molar-refractivity contribution >= 4 is 57.7 Å². The summed E-state index contributed by atoms with van der Waals surface area (Å²) in [4.78, 5) is 45.4. The molecule has 0 radical (unpaired) electrons. The number of aliphatic carboxylic acids is 1. The van der Waals surface area contributed by atoms with Gasteiger partial charge >= 0.3 is 5.97 Å². The maximum absolute atomic E-state index is 13.3. The first-order valence-electron chi connectivity index (χ1n) is 9.61. The van der Waals surface area contributed by atoms with Gasteiger partial charge in [-0.2, -0.15) is 0 Å². The van der Waals surface area contributed by atoms with Crippen LogP contribution in [0.3, 0.4) is 0 Å². The molecule has 0 bridgehead atoms. The number of thiocarbonyl (C=S) groups is 1. The Kier molecular flexibility index (Phi) is 5.61. The Bertz CT molecular complexity index is 1150. The van der Waals surface area contributed by atoms with Gasteiger partial charge < -0.3 is 10.0 Å². The van der Waals surface area contributed by atoms with Crippen LogP contribution in [-0.4, -0.2) is 55.2 Å². The van der Waals surface area contributed by atoms with Crippen LogP contribution in [0.15, 0.2) is 28.0 Å². The molecule has 1 N–H and O–H groups in total. The summed E-state index contributed by atoms with van der Waals surface area (Å²) in [7, 11) is 0. The fourth-order valence-electron chi connectivity index (χ4n) is 3.63. The quantitative estimate of drug-likeness (QED) is 0.554. The molecule has 2 aromatic rings. The SMILES string of the molecule is Cc1cccn2c(=O)c(/C=C3/SC(=S)N(CCC(=O)O)C3=O)c(N3CCCC3)nc12. The number of carbonyl (C=O) groups is 2. The number of aromatic nitrogens is 2. The lowest BCUT2D eigenvalue weighted by atomic mass is 10.2. The van der Waals surface area contributed by atoms with Gasteiger partial charge in [0.2, 0.25) is 0 Å². The molecule has 2 aromatic heterocycles. The van der Waals surface area contributed by atoms with Gasteiger partial charge in [0.1, 0.15) is 15.8 Å². The van der Waals surface area contributed by atoms with E-state index < -0.39 is 5.97 Å². The second kappa shape index (κ2) is 8.19. The lowest BCUT2D eigenvalue weighted by Gasteiger charge is -2.20. The van der Waals surface area contributed by atoms with Crippen LogP contribution in [0.1, 0.15) is 30.4 Å². The summed E-state index contributed by atoms with van der Waals surface area (Å²) < 4.78 is 1.78. The average Bonchev–Trinajstić information content (AvgIpc) is 3.32. The van der Waals surface area contributed by atoms with Gasteiger partial charge in [0.15, 0.2) is 0 Å². The van der Waals surface area contributed by atoms with Crippen molar-refractivity contribution in [2.75, 3.05) is 24.5 Å². The van der Waals surface area contributed by atoms with Crippen LogP contribution in [0.25, 0.3) is 11.7 Å². The van der Waals surface area contributed by atoms with Gasteiger partial charge in [0, 0.05) is 25.8 Å². The van der Waals surface area contributed by atoms with Crippen molar-refractivity contribution in [3.63, 3.8) is 0 Å². The van der Waals surface area contributed by atoms with E-state index in [1.807, 2.05) is 13.0 Å². The number of hydrogen-bond donors (Lipinski definition) is 1. The molecular formula is C20H20N4O4S2. The Balaban J connectivity index is 1.82. The molecule has 2 saturated heterocycles. The van der Waals surface area contributed by atoms with E-state index in [2.05, 4.69) is 4.90 Å². The van der Waals surface area contributed by atoms with Gasteiger partial charge in [-0.1, -0.05) is 30.0 Å². The third kappa shape index (κ3) is 3.72. The topological polar surface area (TPSA) is 95.2 Å². The zero-order valence-electron chi connectivity index (χ0n) is 16.3. The van der Waals surface area contributed by atoms with Gasteiger partial charge in [-0.25, -0.2) is 4.98 Å². The summed E-state index contributed by atoms with van der Waals surface area (Å²) in [5, 5.41) is 8.90. The summed E-state index contributed by atoms with van der Waals surface area (Å²) in [5.41, 5.74) is 1.58. The highest BCUT2D eigenvalue weighted by Crippen LogP contribution is 2.34. The van der Waals surface area contributed by atoms with Crippen molar-refractivity contribution in [1.29, 1.82) is 0 Å². The number of thioether (sulfide) groups is 1. The van der Waals surface area contributed by atoms with Crippen LogP contribution in [0.4, 0.5) is 5.82 Å². The lowest BCUT2D eigenvalue weighted by molar-refractivity contribution is -0.137. The fraction of sp³-hybridized carbons (Fsp3) is 0.350. The Hall–Kier alpha value is -2.72. The molecule has 4 heterocycles. The summed E-state index contributed by atoms with van der Waals surface area (Å²) in [6.07, 6.45) is 5.06. The zero-order valence-corrected chi connectivity index (χ0v) is 18.0. The molecule has 0 saturated carbocycles. The molecule has 2 aliphatic rings. The number of carboxylic acids is 1. The van der Waals surface area contributed by atoms with Gasteiger partial charge in [-0.15, -0.1) is 0 Å². The van der Waals surface area contributed by atoms with Crippen molar-refractivity contribution in [2.45, 2.75) is 26.2 Å². The third-order valence-electron chi connectivity index (χ3n) is 5.17. The highest BCUT2D eigenvalue weighted by atomic mass is 32.2. The van der Waals surface area contributed by atoms with E-state index in [1.165, 1.54) is 9.30 Å². The number of anilines is 1. The molecule has 0 aliphatic carbocycles. The van der Waals surface area contributed by atoms with Crippen LogP contribution < -0.4 is 10.5 Å². The van der Waals surface area contributed by atoms with Crippen LogP contribution in [0, 0.1) is 6.92 Å². The molecule has 2 aliphatic heterocycles. The maximum atomic E-state index is 13.3. The molecule has 0 atom stereocenters. The summed E-state index contributed by atoms with van der Waals surface area (Å²) in [6, 6.07) is 3.69. The predicted octanol–water partition coefficient (Wildman–Crippen LogP) is 2.28. The molecule has 2 fully saturated rings. The number of carbonyl (C=O) groups excluding carboxylic acids is 1. The molecule has 8 nitrogen and oxygen atoms in total. The monoisotopic (exact) mass is 444 g/mol. The molecule has 4 rings (SSSR count). The molecule has 156 valence electrons. The largest absolute Gasteiger partial charge is 0.481 e. The highest BCUT2D eigenvalue weighted by Gasteiger charge is 2.33. The minimum atomic E-state index is -1.00. The molecule has 0 aromatic carbocycles. The van der Waals surface area contributed by atoms with Gasteiger partial charge in [-0.05, 0) is 37.5 Å². The van der Waals surface area contributed by atoms with E-state index in [0.717, 1.165) is 43.3 Å². The van der Waals surface area contributed by atoms with E-state index in [-0.39, 0.29) is 24.4 Å². The Labute approximate surface area is 182 Å². The second-order valence-corrected chi connectivity index (χ2v) is 8.89. The Morgan fingerprint density at radius 2 is 2.07 bits per heavy atom. The van der Waals surface area contributed by atoms with E-state index in [4.69, 9.17) is 22.3 Å². The van der Waals surface area contributed by atoms with Crippen LogP contribution in [0.2, 0.25) is 0 Å². The summed E-state index contributed by atoms with van der Waals surface area (Å²) in [5.74, 6) is -0.813. The number of nitrogens with zero attached hydrogens (tertiary/aromatic N) is 4. The first-order valence-corrected chi connectivity index (χ1v) is 10.8. The minimum Gasteiger partial charge on any atom is -0.481 e. The molecule has 10 heteroatoms. The molecule has 0 unspecified atom stereocenters. The Morgan fingerprint density at radius 3 is 2.77 bits per heavy atom. The Morgan fingerprint density at radius 1 is 1.33 bits per heavy atom. The highest BCUT2D eigenvalue weighted by molar-refractivity contribution is 8.26. The lowest BCUT2D eigenvalue weighted by Crippen LogP contribution is -2.30. The zero-order chi connectivity index (χ0) is 21.4. The minimum absolute atomic E-state index is 0.00443. The molecule has 1 amide bonds. The van der Waals surface area contributed by atoms with Crippen molar-refractivity contribution < 1.29 is 14.7 Å². The smallest absolute Gasteiger partial charge is 0.305 e. The van der Waals surface area contributed by atoms with Crippen LogP contribution >= 0.6 is 24.0 Å². The van der Waals surface area contributed by atoms with Crippen LogP contribution in [0.5, 0.6) is 0 Å². The molecule has 0 spiro atoms. The van der Waals surface area contributed by atoms with Gasteiger partial charge in [-0.3, -0.25) is 23.7 Å². The predicted molar refractivity (Wildman–Crippen MR) is 120 cm³/mol. The molecular weight excluding hydrogens is 424 g/mol. The van der Waals surface area contributed by atoms with Crippen molar-refractivity contribution in [1.82, 2.24) is 14.3 Å². The van der Waals surface area contributed by atoms with E-state index >= 15 is 0 Å². The number of amides is 1. The molecule has 30 heavy (non-hydrogen) atoms. The van der Waals surface area contributed by atoms with Crippen LogP contribution in [-0.2, 0) is 9.59 Å².